The van der Waals surface area contributed by atoms with E-state index in [-0.39, 0.29) is 0 Å². The number of ether oxygens (including phenoxy) is 2. The van der Waals surface area contributed by atoms with Crippen molar-refractivity contribution in [3.05, 3.63) is 54.1 Å². The maximum Gasteiger partial charge on any atom is 0.195 e. The van der Waals surface area contributed by atoms with Gasteiger partial charge in [-0.05, 0) is 36.6 Å². The Labute approximate surface area is 182 Å². The third-order valence-electron chi connectivity index (χ3n) is 5.19. The van der Waals surface area contributed by atoms with Crippen LogP contribution in [0.4, 0.5) is 20.2 Å². The minimum Gasteiger partial charge on any atom is -0.493 e. The Bertz CT molecular complexity index is 878. The molecule has 0 saturated carbocycles. The SMILES string of the molecule is CN=C(NCC1CCN(c2ccc(F)c(F)c2)C1)Nc1cccc(OCCCOC)c1. The highest BCUT2D eigenvalue weighted by Gasteiger charge is 2.23. The van der Waals surface area contributed by atoms with Crippen molar-refractivity contribution >= 4 is 17.3 Å². The van der Waals surface area contributed by atoms with Crippen LogP contribution in [-0.2, 0) is 4.74 Å². The zero-order valence-corrected chi connectivity index (χ0v) is 18.0. The lowest BCUT2D eigenvalue weighted by Gasteiger charge is -2.19. The first-order chi connectivity index (χ1) is 15.1. The largest absolute Gasteiger partial charge is 0.493 e. The zero-order chi connectivity index (χ0) is 22.1. The highest BCUT2D eigenvalue weighted by molar-refractivity contribution is 5.93. The van der Waals surface area contributed by atoms with Crippen molar-refractivity contribution < 1.29 is 18.3 Å². The average molecular weight is 433 g/mol. The van der Waals surface area contributed by atoms with Gasteiger partial charge in [0.2, 0.25) is 0 Å². The number of hydrogen-bond acceptors (Lipinski definition) is 4. The lowest BCUT2D eigenvalue weighted by Crippen LogP contribution is -2.35. The maximum absolute atomic E-state index is 13.5. The van der Waals surface area contributed by atoms with Crippen LogP contribution in [0.2, 0.25) is 0 Å². The third kappa shape index (κ3) is 6.82. The van der Waals surface area contributed by atoms with Gasteiger partial charge in [-0.2, -0.15) is 0 Å². The number of aliphatic imine (C=N–C) groups is 1. The van der Waals surface area contributed by atoms with Crippen molar-refractivity contribution in [3.8, 4) is 5.75 Å². The number of hydrogen-bond donors (Lipinski definition) is 2. The number of nitrogens with one attached hydrogen (secondary N) is 2. The van der Waals surface area contributed by atoms with Crippen molar-refractivity contribution in [1.29, 1.82) is 0 Å². The van der Waals surface area contributed by atoms with Crippen LogP contribution < -0.4 is 20.3 Å². The van der Waals surface area contributed by atoms with Crippen molar-refractivity contribution in [2.45, 2.75) is 12.8 Å². The van der Waals surface area contributed by atoms with Crippen LogP contribution in [0.1, 0.15) is 12.8 Å². The number of anilines is 2. The zero-order valence-electron chi connectivity index (χ0n) is 18.0. The summed E-state index contributed by atoms with van der Waals surface area (Å²) < 4.78 is 37.5. The number of guanidine groups is 1. The molecule has 0 aromatic heterocycles. The first-order valence-corrected chi connectivity index (χ1v) is 10.5. The molecule has 8 heteroatoms. The monoisotopic (exact) mass is 432 g/mol. The molecule has 2 aromatic rings. The molecule has 0 aliphatic carbocycles. The van der Waals surface area contributed by atoms with Crippen LogP contribution in [0, 0.1) is 17.6 Å². The van der Waals surface area contributed by atoms with Crippen molar-refractivity contribution in [2.24, 2.45) is 10.9 Å². The summed E-state index contributed by atoms with van der Waals surface area (Å²) in [5.41, 5.74) is 1.60. The van der Waals surface area contributed by atoms with Crippen LogP contribution >= 0.6 is 0 Å². The molecule has 1 atom stereocenters. The van der Waals surface area contributed by atoms with Gasteiger partial charge in [-0.25, -0.2) is 8.78 Å². The molecule has 1 heterocycles. The molecule has 168 valence electrons. The van der Waals surface area contributed by atoms with Crippen LogP contribution in [0.15, 0.2) is 47.5 Å². The van der Waals surface area contributed by atoms with Crippen molar-refractivity contribution in [2.75, 3.05) is 57.2 Å². The van der Waals surface area contributed by atoms with Gasteiger partial charge in [0, 0.05) is 70.3 Å². The molecule has 1 unspecified atom stereocenters. The molecule has 0 spiro atoms. The quantitative estimate of drug-likeness (QED) is 0.358. The molecule has 31 heavy (non-hydrogen) atoms. The summed E-state index contributed by atoms with van der Waals surface area (Å²) in [6.07, 6.45) is 1.80. The van der Waals surface area contributed by atoms with E-state index in [1.807, 2.05) is 24.3 Å². The Hall–Kier alpha value is -2.87. The number of methoxy groups -OCH3 is 1. The van der Waals surface area contributed by atoms with Gasteiger partial charge in [-0.1, -0.05) is 6.07 Å². The second-order valence-corrected chi connectivity index (χ2v) is 7.50. The predicted octanol–water partition coefficient (Wildman–Crippen LogP) is 3.89. The minimum atomic E-state index is -0.819. The van der Waals surface area contributed by atoms with Crippen LogP contribution in [0.25, 0.3) is 0 Å². The summed E-state index contributed by atoms with van der Waals surface area (Å²) in [5, 5.41) is 6.63. The van der Waals surface area contributed by atoms with Gasteiger partial charge in [0.05, 0.1) is 6.61 Å². The molecule has 0 bridgehead atoms. The molecular weight excluding hydrogens is 402 g/mol. The van der Waals surface area contributed by atoms with Gasteiger partial charge >= 0.3 is 0 Å². The molecule has 1 saturated heterocycles. The molecule has 2 aromatic carbocycles. The van der Waals surface area contributed by atoms with E-state index in [4.69, 9.17) is 9.47 Å². The van der Waals surface area contributed by atoms with E-state index in [0.717, 1.165) is 43.9 Å². The lowest BCUT2D eigenvalue weighted by molar-refractivity contribution is 0.172. The van der Waals surface area contributed by atoms with Crippen LogP contribution in [0.5, 0.6) is 5.75 Å². The lowest BCUT2D eigenvalue weighted by atomic mass is 10.1. The fourth-order valence-corrected chi connectivity index (χ4v) is 3.53. The number of rotatable bonds is 9. The average Bonchev–Trinajstić information content (AvgIpc) is 3.25. The molecule has 0 radical (unpaired) electrons. The molecular formula is C23H30F2N4O2. The summed E-state index contributed by atoms with van der Waals surface area (Å²) in [7, 11) is 3.40. The molecule has 1 aliphatic rings. The minimum absolute atomic E-state index is 0.377. The molecule has 2 N–H and O–H groups in total. The Morgan fingerprint density at radius 2 is 2.03 bits per heavy atom. The molecule has 1 fully saturated rings. The summed E-state index contributed by atoms with van der Waals surface area (Å²) in [4.78, 5) is 6.37. The molecule has 3 rings (SSSR count). The summed E-state index contributed by atoms with van der Waals surface area (Å²) in [5.74, 6) is 0.202. The Kier molecular flexibility index (Phi) is 8.46. The summed E-state index contributed by atoms with van der Waals surface area (Å²) >= 11 is 0. The highest BCUT2D eigenvalue weighted by Crippen LogP contribution is 2.25. The number of halogens is 2. The van der Waals surface area contributed by atoms with Crippen molar-refractivity contribution in [1.82, 2.24) is 5.32 Å². The number of nitrogens with zero attached hydrogens (tertiary/aromatic N) is 2. The van der Waals surface area contributed by atoms with E-state index in [9.17, 15) is 8.78 Å². The van der Waals surface area contributed by atoms with E-state index in [1.54, 1.807) is 20.2 Å². The van der Waals surface area contributed by atoms with Gasteiger partial charge in [0.1, 0.15) is 5.75 Å². The van der Waals surface area contributed by atoms with Gasteiger partial charge in [-0.15, -0.1) is 0 Å². The smallest absolute Gasteiger partial charge is 0.195 e. The van der Waals surface area contributed by atoms with Crippen molar-refractivity contribution in [3.63, 3.8) is 0 Å². The fraction of sp³-hybridized carbons (Fsp3) is 0.435. The Morgan fingerprint density at radius 3 is 2.81 bits per heavy atom. The second kappa shape index (κ2) is 11.5. The van der Waals surface area contributed by atoms with Gasteiger partial charge < -0.3 is 25.0 Å². The van der Waals surface area contributed by atoms with E-state index in [1.165, 1.54) is 12.1 Å². The van der Waals surface area contributed by atoms with E-state index in [0.29, 0.717) is 30.8 Å². The molecule has 6 nitrogen and oxygen atoms in total. The standard InChI is InChI=1S/C23H30F2N4O2/c1-26-23(28-18-5-3-6-20(13-18)31-12-4-11-30-2)27-15-17-9-10-29(16-17)19-7-8-21(24)22(25)14-19/h3,5-8,13-14,17H,4,9-12,15-16H2,1-2H3,(H2,26,27,28). The number of benzene rings is 2. The third-order valence-corrected chi connectivity index (χ3v) is 5.19. The van der Waals surface area contributed by atoms with Gasteiger partial charge in [0.15, 0.2) is 17.6 Å². The van der Waals surface area contributed by atoms with Crippen LogP contribution in [-0.4, -0.2) is 53.0 Å². The normalized spacial score (nSPS) is 16.5. The van der Waals surface area contributed by atoms with E-state index in [2.05, 4.69) is 20.5 Å². The highest BCUT2D eigenvalue weighted by atomic mass is 19.2. The topological polar surface area (TPSA) is 58.1 Å². The fourth-order valence-electron chi connectivity index (χ4n) is 3.53. The Morgan fingerprint density at radius 1 is 1.16 bits per heavy atom. The van der Waals surface area contributed by atoms with Gasteiger partial charge in [0.25, 0.3) is 0 Å². The molecule has 1 aliphatic heterocycles. The summed E-state index contributed by atoms with van der Waals surface area (Å²) in [6.45, 7) is 3.59. The molecule has 0 amide bonds. The first-order valence-electron chi connectivity index (χ1n) is 10.5. The van der Waals surface area contributed by atoms with E-state index >= 15 is 0 Å². The maximum atomic E-state index is 13.5. The van der Waals surface area contributed by atoms with E-state index < -0.39 is 11.6 Å². The first kappa shape index (κ1) is 22.8. The second-order valence-electron chi connectivity index (χ2n) is 7.50. The van der Waals surface area contributed by atoms with Gasteiger partial charge in [-0.3, -0.25) is 4.99 Å². The summed E-state index contributed by atoms with van der Waals surface area (Å²) in [6, 6.07) is 11.8. The van der Waals surface area contributed by atoms with Crippen LogP contribution in [0.3, 0.4) is 0 Å². The predicted molar refractivity (Wildman–Crippen MR) is 120 cm³/mol. The Balaban J connectivity index is 1.47.